The van der Waals surface area contributed by atoms with E-state index in [0.29, 0.717) is 11.2 Å². The Hall–Kier alpha value is -4.07. The van der Waals surface area contributed by atoms with E-state index in [1.54, 1.807) is 18.2 Å². The summed E-state index contributed by atoms with van der Waals surface area (Å²) in [6, 6.07) is 4.23. The topological polar surface area (TPSA) is 232 Å². The third-order valence-corrected chi connectivity index (χ3v) is 8.33. The highest BCUT2D eigenvalue weighted by atomic mass is 31.2. The first-order valence-corrected chi connectivity index (χ1v) is 14.4. The van der Waals surface area contributed by atoms with Crippen LogP contribution in [0.3, 0.4) is 0 Å². The van der Waals surface area contributed by atoms with E-state index in [4.69, 9.17) is 24.5 Å². The van der Waals surface area contributed by atoms with Crippen molar-refractivity contribution in [1.82, 2.24) is 19.8 Å². The summed E-state index contributed by atoms with van der Waals surface area (Å²) in [7, 11) is -2.20. The van der Waals surface area contributed by atoms with Gasteiger partial charge in [0.15, 0.2) is 12.2 Å². The van der Waals surface area contributed by atoms with Gasteiger partial charge in [-0.15, -0.1) is 0 Å². The van der Waals surface area contributed by atoms with Crippen LogP contribution in [0.4, 0.5) is 5.69 Å². The lowest BCUT2D eigenvalue weighted by Gasteiger charge is -2.31. The molecule has 2 aromatic heterocycles. The zero-order valence-electron chi connectivity index (χ0n) is 24.3. The first-order valence-electron chi connectivity index (χ1n) is 12.8. The lowest BCUT2D eigenvalue weighted by atomic mass is 9.95. The number of fused-ring (bicyclic) bond motifs is 1. The zero-order chi connectivity index (χ0) is 32.1. The number of methoxy groups -OCH3 is 2. The van der Waals surface area contributed by atoms with Gasteiger partial charge in [-0.25, -0.2) is 14.7 Å². The smallest absolute Gasteiger partial charge is 0.342 e. The Morgan fingerprint density at radius 3 is 2.19 bits per heavy atom. The fourth-order valence-electron chi connectivity index (χ4n) is 4.45. The average molecular weight is 625 g/mol. The molecule has 0 radical (unpaired) electrons. The zero-order valence-corrected chi connectivity index (χ0v) is 25.2. The summed E-state index contributed by atoms with van der Waals surface area (Å²) in [6.45, 7) is 3.95. The molecule has 18 heteroatoms. The van der Waals surface area contributed by atoms with Gasteiger partial charge in [0.2, 0.25) is 5.60 Å². The first-order chi connectivity index (χ1) is 20.2. The van der Waals surface area contributed by atoms with E-state index >= 15 is 0 Å². The summed E-state index contributed by atoms with van der Waals surface area (Å²) >= 11 is 0. The van der Waals surface area contributed by atoms with Crippen LogP contribution in [0.15, 0.2) is 24.4 Å². The second-order valence-electron chi connectivity index (χ2n) is 9.56. The quantitative estimate of drug-likeness (QED) is 0.166. The molecule has 1 aliphatic rings. The third-order valence-electron chi connectivity index (χ3n) is 6.38. The van der Waals surface area contributed by atoms with Crippen LogP contribution in [0, 0.1) is 11.3 Å². The summed E-state index contributed by atoms with van der Waals surface area (Å²) in [5.41, 5.74) is 4.93. The van der Waals surface area contributed by atoms with Crippen molar-refractivity contribution >= 4 is 42.8 Å². The molecule has 6 atom stereocenters. The Bertz CT molecular complexity index is 1450. The van der Waals surface area contributed by atoms with Gasteiger partial charge < -0.3 is 33.9 Å². The molecule has 0 saturated carbocycles. The number of hydrogen-bond acceptors (Lipinski definition) is 14. The number of nitriles is 1. The normalized spacial score (nSPS) is 23.1. The predicted molar refractivity (Wildman–Crippen MR) is 146 cm³/mol. The van der Waals surface area contributed by atoms with Crippen LogP contribution >= 0.6 is 7.67 Å². The van der Waals surface area contributed by atoms with Gasteiger partial charge in [-0.2, -0.15) is 10.4 Å². The number of nitrogen functional groups attached to an aromatic ring is 1. The van der Waals surface area contributed by atoms with Crippen molar-refractivity contribution in [3.05, 3.63) is 30.1 Å². The number of nitrogens with one attached hydrogen (secondary N) is 2. The Labute approximate surface area is 246 Å². The largest absolute Gasteiger partial charge is 0.468 e. The minimum absolute atomic E-state index is 0.279. The number of nitrogens with two attached hydrogens (primary N) is 1. The fourth-order valence-corrected chi connectivity index (χ4v) is 6.28. The van der Waals surface area contributed by atoms with Gasteiger partial charge in [0, 0.05) is 20.0 Å². The molecule has 0 unspecified atom stereocenters. The molecule has 1 saturated heterocycles. The Kier molecular flexibility index (Phi) is 10.5. The summed E-state index contributed by atoms with van der Waals surface area (Å²) in [5.74, 6) is -3.27. The number of nitrogens with zero attached hydrogens (tertiary/aromatic N) is 3. The molecule has 3 heterocycles. The minimum atomic E-state index is -4.42. The van der Waals surface area contributed by atoms with Gasteiger partial charge in [-0.05, 0) is 32.0 Å². The number of ether oxygens (including phenoxy) is 5. The molecule has 3 rings (SSSR count). The number of esters is 4. The highest BCUT2D eigenvalue weighted by Crippen LogP contribution is 2.47. The molecule has 43 heavy (non-hydrogen) atoms. The molecule has 234 valence electrons. The predicted octanol–water partition coefficient (Wildman–Crippen LogP) is 0.540. The first kappa shape index (κ1) is 33.4. The Morgan fingerprint density at radius 2 is 1.67 bits per heavy atom. The monoisotopic (exact) mass is 624 g/mol. The highest BCUT2D eigenvalue weighted by Gasteiger charge is 2.62. The van der Waals surface area contributed by atoms with Crippen LogP contribution < -0.4 is 15.9 Å². The van der Waals surface area contributed by atoms with Crippen LogP contribution in [-0.2, 0) is 52.0 Å². The van der Waals surface area contributed by atoms with Crippen LogP contribution in [-0.4, -0.2) is 84.2 Å². The van der Waals surface area contributed by atoms with Crippen molar-refractivity contribution in [3.63, 3.8) is 0 Å². The highest BCUT2D eigenvalue weighted by molar-refractivity contribution is 7.54. The molecule has 0 aromatic carbocycles. The van der Waals surface area contributed by atoms with Crippen LogP contribution in [0.2, 0.25) is 0 Å². The number of aromatic nitrogens is 2. The van der Waals surface area contributed by atoms with Crippen molar-refractivity contribution in [2.75, 3.05) is 26.6 Å². The van der Waals surface area contributed by atoms with Crippen molar-refractivity contribution in [3.8, 4) is 6.07 Å². The summed E-state index contributed by atoms with van der Waals surface area (Å²) in [6.07, 6.45) is -2.87. The third kappa shape index (κ3) is 7.29. The van der Waals surface area contributed by atoms with Gasteiger partial charge in [-0.3, -0.25) is 23.7 Å². The molecule has 2 aromatic rings. The molecule has 4 N–H and O–H groups in total. The number of rotatable bonds is 12. The summed E-state index contributed by atoms with van der Waals surface area (Å²) in [5, 5.41) is 19.6. The van der Waals surface area contributed by atoms with Crippen molar-refractivity contribution in [2.24, 2.45) is 0 Å². The standard InChI is InChI=1S/C25H33N6O11P/c1-13(23(34)37-5)29-43(36,30-14(2)24(35)38-6)39-12-25(11-26)22(41-16(4)33)21(40-15(3)32)20(42-25)19-8-7-18-17(27)9-10-28-31(18)19/h7-10,13-14,20-22H,12,27H2,1-6H3,(H2,29,30,36)/t13-,14-,20-,21-,22-,25+/m0/s1. The molecular formula is C25H33N6O11P. The van der Waals surface area contributed by atoms with E-state index in [1.165, 1.54) is 24.6 Å². The Balaban J connectivity index is 2.08. The molecule has 0 bridgehead atoms. The molecule has 1 aliphatic heterocycles. The lowest BCUT2D eigenvalue weighted by molar-refractivity contribution is -0.166. The molecule has 17 nitrogen and oxygen atoms in total. The second kappa shape index (κ2) is 13.5. The van der Waals surface area contributed by atoms with E-state index < -0.39 is 74.2 Å². The van der Waals surface area contributed by atoms with Gasteiger partial charge in [-0.1, -0.05) is 0 Å². The van der Waals surface area contributed by atoms with Crippen LogP contribution in [0.1, 0.15) is 39.5 Å². The summed E-state index contributed by atoms with van der Waals surface area (Å²) in [4.78, 5) is 48.6. The molecule has 1 fully saturated rings. The maximum absolute atomic E-state index is 14.0. The average Bonchev–Trinajstić information content (AvgIpc) is 3.51. The minimum Gasteiger partial charge on any atom is -0.468 e. The number of carbonyl (C=O) groups is 4. The van der Waals surface area contributed by atoms with E-state index in [9.17, 15) is 29.0 Å². The number of hydrogen-bond donors (Lipinski definition) is 3. The van der Waals surface area contributed by atoms with Crippen molar-refractivity contribution in [1.29, 1.82) is 5.26 Å². The summed E-state index contributed by atoms with van der Waals surface area (Å²) < 4.78 is 47.5. The van der Waals surface area contributed by atoms with Gasteiger partial charge in [0.05, 0.1) is 31.1 Å². The number of anilines is 1. The van der Waals surface area contributed by atoms with Gasteiger partial charge in [0.25, 0.3) is 0 Å². The maximum Gasteiger partial charge on any atom is 0.342 e. The van der Waals surface area contributed by atoms with Gasteiger partial charge in [0.1, 0.15) is 30.9 Å². The number of carbonyl (C=O) groups excluding carboxylic acids is 4. The Morgan fingerprint density at radius 1 is 1.09 bits per heavy atom. The van der Waals surface area contributed by atoms with Gasteiger partial charge >= 0.3 is 31.5 Å². The van der Waals surface area contributed by atoms with E-state index in [2.05, 4.69) is 24.7 Å². The van der Waals surface area contributed by atoms with Crippen LogP contribution in [0.25, 0.3) is 5.52 Å². The van der Waals surface area contributed by atoms with E-state index in [1.807, 2.05) is 6.07 Å². The lowest BCUT2D eigenvalue weighted by Crippen LogP contribution is -2.50. The van der Waals surface area contributed by atoms with Crippen molar-refractivity contribution < 1.29 is 52.0 Å². The molecule has 0 spiro atoms. The SMILES string of the molecule is COC(=O)[C@H](C)NP(=O)(N[C@@H](C)C(=O)OC)OC[C@@]1(C#N)O[C@@H](c2ccc3c(N)ccnn23)[C@H](OC(C)=O)[C@@H]1OC(C)=O. The van der Waals surface area contributed by atoms with E-state index in [0.717, 1.165) is 28.1 Å². The van der Waals surface area contributed by atoms with Crippen LogP contribution in [0.5, 0.6) is 0 Å². The maximum atomic E-state index is 14.0. The van der Waals surface area contributed by atoms with Crippen molar-refractivity contribution in [2.45, 2.75) is 63.7 Å². The molecule has 0 aliphatic carbocycles. The van der Waals surface area contributed by atoms with E-state index in [-0.39, 0.29) is 5.69 Å². The fraction of sp³-hybridized carbons (Fsp3) is 0.520. The second-order valence-corrected chi connectivity index (χ2v) is 11.4. The molecular weight excluding hydrogens is 591 g/mol. The molecule has 0 amide bonds.